The zero-order chi connectivity index (χ0) is 24.5. The van der Waals surface area contributed by atoms with Gasteiger partial charge in [0.1, 0.15) is 11.6 Å². The van der Waals surface area contributed by atoms with Gasteiger partial charge < -0.3 is 21.3 Å². The van der Waals surface area contributed by atoms with Crippen LogP contribution in [-0.4, -0.2) is 43.5 Å². The quantitative estimate of drug-likeness (QED) is 0.329. The van der Waals surface area contributed by atoms with E-state index in [4.69, 9.17) is 5.73 Å². The van der Waals surface area contributed by atoms with Crippen LogP contribution < -0.4 is 16.6 Å². The summed E-state index contributed by atoms with van der Waals surface area (Å²) in [5.41, 5.74) is 5.46. The SMILES string of the molecule is CC(CO)(CO)Nc1nc(-c2ccc(F)cc2CN)c2ccc(=O)n(-c3ccccc3F)c2n1. The average molecular weight is 467 g/mol. The van der Waals surface area contributed by atoms with Crippen molar-refractivity contribution in [2.24, 2.45) is 5.73 Å². The number of aromatic nitrogens is 3. The molecule has 176 valence electrons. The van der Waals surface area contributed by atoms with Gasteiger partial charge in [-0.1, -0.05) is 12.1 Å². The molecule has 0 atom stereocenters. The molecule has 0 aliphatic heterocycles. The molecule has 0 aliphatic rings. The van der Waals surface area contributed by atoms with E-state index in [1.165, 1.54) is 48.5 Å². The highest BCUT2D eigenvalue weighted by molar-refractivity contribution is 5.93. The maximum absolute atomic E-state index is 14.7. The van der Waals surface area contributed by atoms with Crippen molar-refractivity contribution >= 4 is 17.0 Å². The summed E-state index contributed by atoms with van der Waals surface area (Å²) in [5.74, 6) is -1.14. The molecule has 0 fully saturated rings. The molecule has 5 N–H and O–H groups in total. The monoisotopic (exact) mass is 467 g/mol. The minimum Gasteiger partial charge on any atom is -0.394 e. The molecule has 4 aromatic rings. The third-order valence-electron chi connectivity index (χ3n) is 5.50. The van der Waals surface area contributed by atoms with E-state index in [0.29, 0.717) is 22.2 Å². The van der Waals surface area contributed by atoms with Crippen LogP contribution in [0.4, 0.5) is 14.7 Å². The summed E-state index contributed by atoms with van der Waals surface area (Å²) in [6.45, 7) is 0.678. The molecule has 0 spiro atoms. The van der Waals surface area contributed by atoms with Crippen molar-refractivity contribution in [1.29, 1.82) is 0 Å². The van der Waals surface area contributed by atoms with Gasteiger partial charge in [-0.25, -0.2) is 13.8 Å². The Balaban J connectivity index is 2.10. The van der Waals surface area contributed by atoms with Gasteiger partial charge in [0.2, 0.25) is 5.95 Å². The van der Waals surface area contributed by atoms with Crippen LogP contribution in [0.1, 0.15) is 12.5 Å². The normalized spacial score (nSPS) is 11.7. The minimum absolute atomic E-state index is 0.0132. The highest BCUT2D eigenvalue weighted by Gasteiger charge is 2.25. The Morgan fingerprint density at radius 3 is 2.47 bits per heavy atom. The second-order valence-corrected chi connectivity index (χ2v) is 8.10. The molecule has 0 amide bonds. The summed E-state index contributed by atoms with van der Waals surface area (Å²) in [6.07, 6.45) is 0. The van der Waals surface area contributed by atoms with E-state index in [1.54, 1.807) is 13.0 Å². The van der Waals surface area contributed by atoms with Gasteiger partial charge in [-0.3, -0.25) is 9.36 Å². The standard InChI is InChI=1S/C24H23F2N5O3/c1-24(12-32,13-33)30-23-28-21(16-7-6-15(25)10-14(16)11-27)17-8-9-20(34)31(22(17)29-23)19-5-3-2-4-18(19)26/h2-10,32-33H,11-13,27H2,1H3,(H,28,29,30). The zero-order valence-electron chi connectivity index (χ0n) is 18.3. The molecule has 2 heterocycles. The number of nitrogens with zero attached hydrogens (tertiary/aromatic N) is 3. The van der Waals surface area contributed by atoms with Gasteiger partial charge >= 0.3 is 0 Å². The number of nitrogens with two attached hydrogens (primary N) is 1. The van der Waals surface area contributed by atoms with E-state index in [9.17, 15) is 23.8 Å². The highest BCUT2D eigenvalue weighted by Crippen LogP contribution is 2.31. The number of para-hydroxylation sites is 1. The maximum Gasteiger partial charge on any atom is 0.256 e. The fourth-order valence-electron chi connectivity index (χ4n) is 3.60. The molecular formula is C24H23F2N5O3. The van der Waals surface area contributed by atoms with Gasteiger partial charge in [-0.05, 0) is 48.9 Å². The molecular weight excluding hydrogens is 444 g/mol. The first-order valence-electron chi connectivity index (χ1n) is 10.5. The van der Waals surface area contributed by atoms with Crippen LogP contribution in [0, 0.1) is 11.6 Å². The lowest BCUT2D eigenvalue weighted by Gasteiger charge is -2.26. The number of benzene rings is 2. The Labute approximate surface area is 193 Å². The van der Waals surface area contributed by atoms with E-state index in [1.807, 2.05) is 0 Å². The van der Waals surface area contributed by atoms with Gasteiger partial charge in [-0.15, -0.1) is 0 Å². The van der Waals surface area contributed by atoms with Crippen LogP contribution in [-0.2, 0) is 6.54 Å². The summed E-state index contributed by atoms with van der Waals surface area (Å²) in [6, 6.07) is 12.6. The lowest BCUT2D eigenvalue weighted by Crippen LogP contribution is -2.43. The summed E-state index contributed by atoms with van der Waals surface area (Å²) in [7, 11) is 0. The summed E-state index contributed by atoms with van der Waals surface area (Å²) < 4.78 is 29.7. The van der Waals surface area contributed by atoms with Crippen molar-refractivity contribution in [2.45, 2.75) is 19.0 Å². The molecule has 8 nitrogen and oxygen atoms in total. The number of aliphatic hydroxyl groups is 2. The number of pyridine rings is 1. The summed E-state index contributed by atoms with van der Waals surface area (Å²) >= 11 is 0. The molecule has 0 radical (unpaired) electrons. The number of hydrogen-bond acceptors (Lipinski definition) is 7. The van der Waals surface area contributed by atoms with Crippen LogP contribution in [0.5, 0.6) is 0 Å². The summed E-state index contributed by atoms with van der Waals surface area (Å²) in [5, 5.41) is 22.7. The topological polar surface area (TPSA) is 126 Å². The van der Waals surface area contributed by atoms with E-state index in [-0.39, 0.29) is 23.8 Å². The van der Waals surface area contributed by atoms with Crippen molar-refractivity contribution < 1.29 is 19.0 Å². The number of anilines is 1. The van der Waals surface area contributed by atoms with Crippen molar-refractivity contribution in [3.63, 3.8) is 0 Å². The van der Waals surface area contributed by atoms with E-state index in [2.05, 4.69) is 15.3 Å². The first-order chi connectivity index (χ1) is 16.3. The van der Waals surface area contributed by atoms with Gasteiger partial charge in [0.15, 0.2) is 5.65 Å². The van der Waals surface area contributed by atoms with Crippen LogP contribution in [0.15, 0.2) is 59.4 Å². The first kappa shape index (κ1) is 23.4. The molecule has 0 bridgehead atoms. The van der Waals surface area contributed by atoms with Gasteiger partial charge in [0, 0.05) is 23.6 Å². The first-order valence-corrected chi connectivity index (χ1v) is 10.5. The predicted octanol–water partition coefficient (Wildman–Crippen LogP) is 2.34. The van der Waals surface area contributed by atoms with Gasteiger partial charge in [-0.2, -0.15) is 4.98 Å². The van der Waals surface area contributed by atoms with E-state index in [0.717, 1.165) is 4.57 Å². The molecule has 34 heavy (non-hydrogen) atoms. The molecule has 0 unspecified atom stereocenters. The Morgan fingerprint density at radius 2 is 1.79 bits per heavy atom. The van der Waals surface area contributed by atoms with Crippen molar-refractivity contribution in [1.82, 2.24) is 14.5 Å². The molecule has 10 heteroatoms. The average Bonchev–Trinajstić information content (AvgIpc) is 2.84. The Kier molecular flexibility index (Phi) is 6.38. The smallest absolute Gasteiger partial charge is 0.256 e. The third-order valence-corrected chi connectivity index (χ3v) is 5.50. The highest BCUT2D eigenvalue weighted by atomic mass is 19.1. The summed E-state index contributed by atoms with van der Waals surface area (Å²) in [4.78, 5) is 21.9. The molecule has 0 saturated heterocycles. The van der Waals surface area contributed by atoms with Crippen LogP contribution >= 0.6 is 0 Å². The molecule has 2 aromatic heterocycles. The van der Waals surface area contributed by atoms with Crippen LogP contribution in [0.3, 0.4) is 0 Å². The number of hydrogen-bond donors (Lipinski definition) is 4. The number of fused-ring (bicyclic) bond motifs is 1. The molecule has 4 rings (SSSR count). The van der Waals surface area contributed by atoms with Crippen molar-refractivity contribution in [3.05, 3.63) is 82.1 Å². The Bertz CT molecular complexity index is 1420. The van der Waals surface area contributed by atoms with Gasteiger partial charge in [0.05, 0.1) is 30.1 Å². The lowest BCUT2D eigenvalue weighted by atomic mass is 10.0. The fraction of sp³-hybridized carbons (Fsp3) is 0.208. The molecule has 0 aliphatic carbocycles. The zero-order valence-corrected chi connectivity index (χ0v) is 18.3. The van der Waals surface area contributed by atoms with Gasteiger partial charge in [0.25, 0.3) is 5.56 Å². The Morgan fingerprint density at radius 1 is 1.06 bits per heavy atom. The van der Waals surface area contributed by atoms with E-state index >= 15 is 0 Å². The van der Waals surface area contributed by atoms with Crippen LogP contribution in [0.2, 0.25) is 0 Å². The van der Waals surface area contributed by atoms with Crippen molar-refractivity contribution in [2.75, 3.05) is 18.5 Å². The van der Waals surface area contributed by atoms with Crippen LogP contribution in [0.25, 0.3) is 28.0 Å². The Hall–Kier alpha value is -3.73. The lowest BCUT2D eigenvalue weighted by molar-refractivity contribution is 0.147. The minimum atomic E-state index is -1.19. The molecule has 0 saturated carbocycles. The second-order valence-electron chi connectivity index (χ2n) is 8.10. The maximum atomic E-state index is 14.7. The fourth-order valence-corrected chi connectivity index (χ4v) is 3.60. The number of halogens is 2. The second kappa shape index (κ2) is 9.26. The largest absolute Gasteiger partial charge is 0.394 e. The number of nitrogens with one attached hydrogen (secondary N) is 1. The molecule has 2 aromatic carbocycles. The number of aliphatic hydroxyl groups excluding tert-OH is 2. The van der Waals surface area contributed by atoms with Crippen molar-refractivity contribution in [3.8, 4) is 16.9 Å². The predicted molar refractivity (Wildman–Crippen MR) is 125 cm³/mol. The number of rotatable bonds is 7. The van der Waals surface area contributed by atoms with E-state index < -0.39 is 35.9 Å². The third kappa shape index (κ3) is 4.26.